The van der Waals surface area contributed by atoms with Gasteiger partial charge in [0, 0.05) is 18.1 Å². The molecule has 0 spiro atoms. The third kappa shape index (κ3) is 4.19. The third-order valence-electron chi connectivity index (χ3n) is 2.83. The van der Waals surface area contributed by atoms with Gasteiger partial charge in [-0.15, -0.1) is 11.8 Å². The Morgan fingerprint density at radius 2 is 2.05 bits per heavy atom. The number of benzene rings is 1. The van der Waals surface area contributed by atoms with E-state index in [1.54, 1.807) is 0 Å². The third-order valence-corrected chi connectivity index (χ3v) is 3.86. The largest absolute Gasteiger partial charge is 0.467 e. The molecule has 0 saturated heterocycles. The Hall–Kier alpha value is -2.08. The van der Waals surface area contributed by atoms with Gasteiger partial charge in [-0.25, -0.2) is 9.78 Å². The topological polar surface area (TPSA) is 68.3 Å². The van der Waals surface area contributed by atoms with E-state index in [2.05, 4.69) is 15.0 Å². The zero-order valence-electron chi connectivity index (χ0n) is 11.8. The summed E-state index contributed by atoms with van der Waals surface area (Å²) in [6, 6.07) is 11.0. The number of rotatable bonds is 5. The summed E-state index contributed by atoms with van der Waals surface area (Å²) in [6.45, 7) is 1.37. The molecule has 1 aromatic carbocycles. The lowest BCUT2D eigenvalue weighted by Gasteiger charge is -2.14. The van der Waals surface area contributed by atoms with Crippen molar-refractivity contribution in [2.75, 3.05) is 12.9 Å². The number of pyridine rings is 1. The number of methoxy groups -OCH3 is 1. The highest BCUT2D eigenvalue weighted by Gasteiger charge is 2.20. The lowest BCUT2D eigenvalue weighted by atomic mass is 10.2. The van der Waals surface area contributed by atoms with Crippen LogP contribution in [0.2, 0.25) is 0 Å². The van der Waals surface area contributed by atoms with Gasteiger partial charge in [0.1, 0.15) is 6.04 Å². The normalized spacial score (nSPS) is 11.9. The van der Waals surface area contributed by atoms with Gasteiger partial charge >= 0.3 is 5.97 Å². The monoisotopic (exact) mass is 304 g/mol. The second-order valence-electron chi connectivity index (χ2n) is 4.43. The van der Waals surface area contributed by atoms with Gasteiger partial charge in [-0.3, -0.25) is 4.79 Å². The standard InChI is InChI=1S/C15H16N2O3S/c1-10(18)16-13(15(19)20-2)9-21-14-8-7-11-5-3-4-6-12(11)17-14/h3-8,13H,9H2,1-2H3,(H,16,18). The molecule has 1 amide bonds. The second kappa shape index (κ2) is 7.08. The molecule has 1 aromatic heterocycles. The van der Waals surface area contributed by atoms with Crippen LogP contribution in [0.1, 0.15) is 6.92 Å². The van der Waals surface area contributed by atoms with Crippen LogP contribution >= 0.6 is 11.8 Å². The van der Waals surface area contributed by atoms with Crippen LogP contribution in [0.25, 0.3) is 10.9 Å². The number of nitrogens with one attached hydrogen (secondary N) is 1. The number of hydrogen-bond acceptors (Lipinski definition) is 5. The van der Waals surface area contributed by atoms with Crippen LogP contribution in [0.3, 0.4) is 0 Å². The molecule has 0 aliphatic rings. The van der Waals surface area contributed by atoms with E-state index < -0.39 is 12.0 Å². The maximum Gasteiger partial charge on any atom is 0.329 e. The molecule has 0 aliphatic carbocycles. The number of fused-ring (bicyclic) bond motifs is 1. The average molecular weight is 304 g/mol. The van der Waals surface area contributed by atoms with Crippen LogP contribution in [-0.4, -0.2) is 35.8 Å². The van der Waals surface area contributed by atoms with E-state index in [1.165, 1.54) is 25.8 Å². The Morgan fingerprint density at radius 1 is 1.29 bits per heavy atom. The Kier molecular flexibility index (Phi) is 5.16. The van der Waals surface area contributed by atoms with Gasteiger partial charge in [-0.05, 0) is 12.1 Å². The molecule has 6 heteroatoms. The van der Waals surface area contributed by atoms with Gasteiger partial charge < -0.3 is 10.1 Å². The van der Waals surface area contributed by atoms with Crippen molar-refractivity contribution in [2.45, 2.75) is 18.0 Å². The number of ether oxygens (including phenoxy) is 1. The average Bonchev–Trinajstić information content (AvgIpc) is 2.50. The van der Waals surface area contributed by atoms with Crippen LogP contribution in [0.15, 0.2) is 41.4 Å². The van der Waals surface area contributed by atoms with Crippen molar-refractivity contribution in [3.8, 4) is 0 Å². The molecule has 5 nitrogen and oxygen atoms in total. The predicted octanol–water partition coefficient (Wildman–Crippen LogP) is 2.00. The van der Waals surface area contributed by atoms with Crippen LogP contribution in [-0.2, 0) is 14.3 Å². The fraction of sp³-hybridized carbons (Fsp3) is 0.267. The molecule has 0 fully saturated rings. The number of para-hydroxylation sites is 1. The first-order valence-corrected chi connectivity index (χ1v) is 7.42. The highest BCUT2D eigenvalue weighted by Crippen LogP contribution is 2.20. The van der Waals surface area contributed by atoms with Crippen molar-refractivity contribution in [1.29, 1.82) is 0 Å². The van der Waals surface area contributed by atoms with E-state index in [9.17, 15) is 9.59 Å². The molecule has 0 saturated carbocycles. The van der Waals surface area contributed by atoms with E-state index >= 15 is 0 Å². The molecule has 1 heterocycles. The molecule has 1 unspecified atom stereocenters. The minimum Gasteiger partial charge on any atom is -0.467 e. The van der Waals surface area contributed by atoms with Crippen LogP contribution in [0.5, 0.6) is 0 Å². The smallest absolute Gasteiger partial charge is 0.329 e. The quantitative estimate of drug-likeness (QED) is 0.676. The van der Waals surface area contributed by atoms with Crippen LogP contribution in [0.4, 0.5) is 0 Å². The molecular formula is C15H16N2O3S. The lowest BCUT2D eigenvalue weighted by Crippen LogP contribution is -2.42. The van der Waals surface area contributed by atoms with E-state index in [-0.39, 0.29) is 5.91 Å². The molecule has 0 bridgehead atoms. The zero-order chi connectivity index (χ0) is 15.2. The number of thioether (sulfide) groups is 1. The Morgan fingerprint density at radius 3 is 2.76 bits per heavy atom. The fourth-order valence-electron chi connectivity index (χ4n) is 1.85. The van der Waals surface area contributed by atoms with Gasteiger partial charge in [-0.1, -0.05) is 24.3 Å². The van der Waals surface area contributed by atoms with E-state index in [0.717, 1.165) is 15.9 Å². The van der Waals surface area contributed by atoms with E-state index in [1.807, 2.05) is 36.4 Å². The van der Waals surface area contributed by atoms with Gasteiger partial charge in [0.15, 0.2) is 0 Å². The van der Waals surface area contributed by atoms with Crippen LogP contribution in [0, 0.1) is 0 Å². The number of esters is 1. The molecule has 110 valence electrons. The molecule has 2 aromatic rings. The summed E-state index contributed by atoms with van der Waals surface area (Å²) >= 11 is 1.40. The summed E-state index contributed by atoms with van der Waals surface area (Å²) in [5, 5.41) is 4.44. The first kappa shape index (κ1) is 15.3. The molecule has 1 N–H and O–H groups in total. The number of aromatic nitrogens is 1. The first-order valence-electron chi connectivity index (χ1n) is 6.43. The summed E-state index contributed by atoms with van der Waals surface area (Å²) in [6.07, 6.45) is 0. The molecule has 2 rings (SSSR count). The van der Waals surface area contributed by atoms with Crippen molar-refractivity contribution in [3.05, 3.63) is 36.4 Å². The van der Waals surface area contributed by atoms with Crippen molar-refractivity contribution in [2.24, 2.45) is 0 Å². The molecule has 0 aliphatic heterocycles. The molecule has 1 atom stereocenters. The number of hydrogen-bond donors (Lipinski definition) is 1. The summed E-state index contributed by atoms with van der Waals surface area (Å²) in [7, 11) is 1.30. The summed E-state index contributed by atoms with van der Waals surface area (Å²) < 4.78 is 4.68. The van der Waals surface area contributed by atoms with E-state index in [4.69, 9.17) is 0 Å². The summed E-state index contributed by atoms with van der Waals surface area (Å²) in [4.78, 5) is 27.2. The zero-order valence-corrected chi connectivity index (χ0v) is 12.6. The van der Waals surface area contributed by atoms with Crippen molar-refractivity contribution in [1.82, 2.24) is 10.3 Å². The summed E-state index contributed by atoms with van der Waals surface area (Å²) in [5.74, 6) is -0.353. The second-order valence-corrected chi connectivity index (χ2v) is 5.47. The predicted molar refractivity (Wildman–Crippen MR) is 82.1 cm³/mol. The Balaban J connectivity index is 2.07. The maximum atomic E-state index is 11.6. The minimum atomic E-state index is -0.675. The Bertz CT molecular complexity index is 660. The van der Waals surface area contributed by atoms with Gasteiger partial charge in [0.25, 0.3) is 0 Å². The number of carbonyl (C=O) groups is 2. The number of nitrogens with zero attached hydrogens (tertiary/aromatic N) is 1. The van der Waals surface area contributed by atoms with Crippen LogP contribution < -0.4 is 5.32 Å². The Labute approximate surface area is 127 Å². The van der Waals surface area contributed by atoms with E-state index in [0.29, 0.717) is 5.75 Å². The van der Waals surface area contributed by atoms with Crippen molar-refractivity contribution < 1.29 is 14.3 Å². The maximum absolute atomic E-state index is 11.6. The summed E-state index contributed by atoms with van der Waals surface area (Å²) in [5.41, 5.74) is 0.900. The molecular weight excluding hydrogens is 288 g/mol. The fourth-order valence-corrected chi connectivity index (χ4v) is 2.74. The van der Waals surface area contributed by atoms with Crippen molar-refractivity contribution >= 4 is 34.5 Å². The molecule has 0 radical (unpaired) electrons. The SMILES string of the molecule is COC(=O)C(CSc1ccc2ccccc2n1)NC(C)=O. The first-order chi connectivity index (χ1) is 10.1. The van der Waals surface area contributed by atoms with Crippen molar-refractivity contribution in [3.63, 3.8) is 0 Å². The van der Waals surface area contributed by atoms with Gasteiger partial charge in [-0.2, -0.15) is 0 Å². The molecule has 21 heavy (non-hydrogen) atoms. The number of carbonyl (C=O) groups excluding carboxylic acids is 2. The highest BCUT2D eigenvalue weighted by molar-refractivity contribution is 7.99. The lowest BCUT2D eigenvalue weighted by molar-refractivity contribution is -0.144. The minimum absolute atomic E-state index is 0.266. The van der Waals surface area contributed by atoms with Gasteiger partial charge in [0.05, 0.1) is 17.7 Å². The highest BCUT2D eigenvalue weighted by atomic mass is 32.2. The van der Waals surface area contributed by atoms with Gasteiger partial charge in [0.2, 0.25) is 5.91 Å². The number of amides is 1.